The van der Waals surface area contributed by atoms with Gasteiger partial charge in [0.15, 0.2) is 9.84 Å². The van der Waals surface area contributed by atoms with Crippen LogP contribution in [0.2, 0.25) is 0 Å². The van der Waals surface area contributed by atoms with Crippen molar-refractivity contribution in [2.45, 2.75) is 18.4 Å². The predicted molar refractivity (Wildman–Crippen MR) is 91.6 cm³/mol. The Morgan fingerprint density at radius 2 is 2.04 bits per heavy atom. The molecule has 8 heteroatoms. The Bertz CT molecular complexity index is 967. The molecule has 2 heterocycles. The first kappa shape index (κ1) is 15.8. The minimum absolute atomic E-state index is 0.263. The number of rotatable bonds is 4. The summed E-state index contributed by atoms with van der Waals surface area (Å²) in [6.45, 7) is 2.56. The fraction of sp³-hybridized carbons (Fsp3) is 0.267. The number of fused-ring (bicyclic) bond motifs is 1. The maximum atomic E-state index is 11.8. The van der Waals surface area contributed by atoms with Gasteiger partial charge >= 0.3 is 0 Å². The lowest BCUT2D eigenvalue weighted by Gasteiger charge is -2.18. The zero-order valence-corrected chi connectivity index (χ0v) is 14.6. The first-order valence-corrected chi connectivity index (χ1v) is 9.68. The molecule has 1 aromatic carbocycles. The normalized spacial score (nSPS) is 11.8. The van der Waals surface area contributed by atoms with Crippen molar-refractivity contribution in [1.82, 2.24) is 15.0 Å². The number of nitrogens with zero attached hydrogens (tertiary/aromatic N) is 4. The van der Waals surface area contributed by atoms with E-state index in [2.05, 4.69) is 15.0 Å². The summed E-state index contributed by atoms with van der Waals surface area (Å²) in [5.41, 5.74) is 1.67. The maximum Gasteiger partial charge on any atom is 0.175 e. The number of anilines is 1. The average Bonchev–Trinajstić information content (AvgIpc) is 2.90. The van der Waals surface area contributed by atoms with Crippen LogP contribution in [0.1, 0.15) is 10.7 Å². The molecular formula is C15H16N4O2S2. The Labute approximate surface area is 138 Å². The molecule has 6 nitrogen and oxygen atoms in total. The largest absolute Gasteiger partial charge is 0.353 e. The second kappa shape index (κ2) is 5.86. The molecule has 2 aromatic heterocycles. The minimum atomic E-state index is -3.28. The third kappa shape index (κ3) is 3.32. The lowest BCUT2D eigenvalue weighted by molar-refractivity contribution is 0.602. The summed E-state index contributed by atoms with van der Waals surface area (Å²) >= 11 is 1.60. The van der Waals surface area contributed by atoms with Crippen molar-refractivity contribution in [2.75, 3.05) is 18.2 Å². The van der Waals surface area contributed by atoms with E-state index in [-0.39, 0.29) is 4.90 Å². The minimum Gasteiger partial charge on any atom is -0.353 e. The second-order valence-electron chi connectivity index (χ2n) is 5.36. The summed E-state index contributed by atoms with van der Waals surface area (Å²) in [5, 5.41) is 3.74. The van der Waals surface area contributed by atoms with Crippen molar-refractivity contribution in [2.24, 2.45) is 0 Å². The quantitative estimate of drug-likeness (QED) is 0.721. The van der Waals surface area contributed by atoms with Crippen molar-refractivity contribution in [3.8, 4) is 0 Å². The van der Waals surface area contributed by atoms with Crippen LogP contribution in [-0.2, 0) is 16.4 Å². The first-order chi connectivity index (χ1) is 10.8. The molecule has 0 aliphatic rings. The molecule has 0 saturated heterocycles. The number of aryl methyl sites for hydroxylation is 1. The summed E-state index contributed by atoms with van der Waals surface area (Å²) in [5.74, 6) is 0.686. The van der Waals surface area contributed by atoms with E-state index >= 15 is 0 Å². The van der Waals surface area contributed by atoms with Gasteiger partial charge in [-0.1, -0.05) is 0 Å². The zero-order valence-electron chi connectivity index (χ0n) is 13.0. The molecule has 0 radical (unpaired) electrons. The summed E-state index contributed by atoms with van der Waals surface area (Å²) < 4.78 is 23.6. The molecule has 0 atom stereocenters. The highest BCUT2D eigenvalue weighted by Gasteiger charge is 2.14. The van der Waals surface area contributed by atoms with Crippen molar-refractivity contribution in [1.29, 1.82) is 0 Å². The standard InChI is InChI=1S/C15H16N4O2S2/c1-10-18-11(8-22-10)7-19(2)15-13-6-12(23(3,20)21)4-5-14(13)16-9-17-15/h4-6,8-9H,7H2,1-3H3. The molecule has 3 rings (SSSR count). The molecule has 0 spiro atoms. The van der Waals surface area contributed by atoms with Gasteiger partial charge in [-0.2, -0.15) is 0 Å². The lowest BCUT2D eigenvalue weighted by Crippen LogP contribution is -2.18. The van der Waals surface area contributed by atoms with E-state index in [0.717, 1.165) is 10.7 Å². The van der Waals surface area contributed by atoms with Gasteiger partial charge in [0.05, 0.1) is 27.7 Å². The summed E-state index contributed by atoms with van der Waals surface area (Å²) in [6, 6.07) is 4.90. The highest BCUT2D eigenvalue weighted by atomic mass is 32.2. The second-order valence-corrected chi connectivity index (χ2v) is 8.44. The SMILES string of the molecule is Cc1nc(CN(C)c2ncnc3ccc(S(C)(=O)=O)cc23)cs1. The Hall–Kier alpha value is -2.06. The lowest BCUT2D eigenvalue weighted by atomic mass is 10.2. The van der Waals surface area contributed by atoms with Gasteiger partial charge in [-0.15, -0.1) is 11.3 Å². The van der Waals surface area contributed by atoms with Gasteiger partial charge in [-0.05, 0) is 25.1 Å². The fourth-order valence-corrected chi connectivity index (χ4v) is 3.61. The summed E-state index contributed by atoms with van der Waals surface area (Å²) in [7, 11) is -1.37. The van der Waals surface area contributed by atoms with Gasteiger partial charge in [0.2, 0.25) is 0 Å². The van der Waals surface area contributed by atoms with E-state index in [1.165, 1.54) is 12.6 Å². The molecule has 120 valence electrons. The van der Waals surface area contributed by atoms with Gasteiger partial charge < -0.3 is 4.90 Å². The van der Waals surface area contributed by atoms with E-state index in [4.69, 9.17) is 0 Å². The van der Waals surface area contributed by atoms with Crippen molar-refractivity contribution < 1.29 is 8.42 Å². The number of thiazole rings is 1. The van der Waals surface area contributed by atoms with Gasteiger partial charge in [-0.3, -0.25) is 0 Å². The van der Waals surface area contributed by atoms with Gasteiger partial charge in [0, 0.05) is 24.1 Å². The Morgan fingerprint density at radius 1 is 1.26 bits per heavy atom. The predicted octanol–water partition coefficient (Wildman–Crippen LogP) is 2.43. The summed E-state index contributed by atoms with van der Waals surface area (Å²) in [6.07, 6.45) is 2.68. The van der Waals surface area contributed by atoms with E-state index in [9.17, 15) is 8.42 Å². The average molecular weight is 348 g/mol. The molecule has 0 amide bonds. The van der Waals surface area contributed by atoms with Crippen LogP contribution in [0.3, 0.4) is 0 Å². The number of hydrogen-bond acceptors (Lipinski definition) is 7. The van der Waals surface area contributed by atoms with Crippen molar-refractivity contribution in [3.05, 3.63) is 40.6 Å². The van der Waals surface area contributed by atoms with Crippen LogP contribution in [-0.4, -0.2) is 36.7 Å². The molecular weight excluding hydrogens is 332 g/mol. The molecule has 0 fully saturated rings. The van der Waals surface area contributed by atoms with E-state index < -0.39 is 9.84 Å². The Balaban J connectivity index is 2.05. The number of sulfone groups is 1. The topological polar surface area (TPSA) is 76.1 Å². The van der Waals surface area contributed by atoms with E-state index in [1.807, 2.05) is 24.3 Å². The molecule has 0 aliphatic carbocycles. The molecule has 0 unspecified atom stereocenters. The molecule has 0 bridgehead atoms. The highest BCUT2D eigenvalue weighted by molar-refractivity contribution is 7.90. The van der Waals surface area contributed by atoms with Crippen LogP contribution in [0.15, 0.2) is 34.8 Å². The van der Waals surface area contributed by atoms with Crippen LogP contribution < -0.4 is 4.90 Å². The zero-order chi connectivity index (χ0) is 16.6. The number of hydrogen-bond donors (Lipinski definition) is 0. The van der Waals surface area contributed by atoms with Gasteiger partial charge in [0.1, 0.15) is 12.1 Å². The Kier molecular flexibility index (Phi) is 4.03. The molecule has 3 aromatic rings. The number of benzene rings is 1. The smallest absolute Gasteiger partial charge is 0.175 e. The maximum absolute atomic E-state index is 11.8. The first-order valence-electron chi connectivity index (χ1n) is 6.91. The van der Waals surface area contributed by atoms with Crippen LogP contribution in [0.5, 0.6) is 0 Å². The monoisotopic (exact) mass is 348 g/mol. The van der Waals surface area contributed by atoms with Gasteiger partial charge in [-0.25, -0.2) is 23.4 Å². The van der Waals surface area contributed by atoms with Crippen molar-refractivity contribution in [3.63, 3.8) is 0 Å². The molecule has 0 N–H and O–H groups in total. The van der Waals surface area contributed by atoms with Crippen LogP contribution in [0.25, 0.3) is 10.9 Å². The fourth-order valence-electron chi connectivity index (χ4n) is 2.36. The number of aromatic nitrogens is 3. The van der Waals surface area contributed by atoms with Crippen LogP contribution >= 0.6 is 11.3 Å². The van der Waals surface area contributed by atoms with Crippen LogP contribution in [0.4, 0.5) is 5.82 Å². The van der Waals surface area contributed by atoms with E-state index in [1.54, 1.807) is 29.5 Å². The Morgan fingerprint density at radius 3 is 2.70 bits per heavy atom. The molecule has 23 heavy (non-hydrogen) atoms. The highest BCUT2D eigenvalue weighted by Crippen LogP contribution is 2.26. The van der Waals surface area contributed by atoms with Crippen molar-refractivity contribution >= 4 is 37.9 Å². The summed E-state index contributed by atoms with van der Waals surface area (Å²) in [4.78, 5) is 15.2. The molecule has 0 aliphatic heterocycles. The van der Waals surface area contributed by atoms with E-state index in [0.29, 0.717) is 23.3 Å². The van der Waals surface area contributed by atoms with Crippen LogP contribution in [0, 0.1) is 6.92 Å². The van der Waals surface area contributed by atoms with Gasteiger partial charge in [0.25, 0.3) is 0 Å². The molecule has 0 saturated carbocycles. The third-order valence-corrected chi connectivity index (χ3v) is 5.37. The third-order valence-electron chi connectivity index (χ3n) is 3.44.